The maximum Gasteiger partial charge on any atom is 0.265 e. The average Bonchev–Trinajstić information content (AvgIpc) is 2.38. The van der Waals surface area contributed by atoms with Gasteiger partial charge < -0.3 is 10.1 Å². The molecule has 1 rings (SSSR count). The predicted octanol–water partition coefficient (Wildman–Crippen LogP) is 4.33. The standard InChI is InChI=1S/C17H28NO2P/c1-8-9-15(21(5,6)7)17(19)18-16-12(2)10-14(20-4)11-13(16)3/h10-11,15H,8-9H2,1-7H3/p+1. The Hall–Kier alpha value is -1.08. The number of aryl methyl sites for hydroxylation is 2. The van der Waals surface area contributed by atoms with Crippen LogP contribution in [-0.2, 0) is 4.79 Å². The lowest BCUT2D eigenvalue weighted by molar-refractivity contribution is -0.116. The molecule has 3 nitrogen and oxygen atoms in total. The lowest BCUT2D eigenvalue weighted by Gasteiger charge is -2.24. The van der Waals surface area contributed by atoms with Crippen molar-refractivity contribution in [2.75, 3.05) is 32.4 Å². The van der Waals surface area contributed by atoms with E-state index in [4.69, 9.17) is 4.74 Å². The summed E-state index contributed by atoms with van der Waals surface area (Å²) in [4.78, 5) is 12.7. The Morgan fingerprint density at radius 2 is 1.76 bits per heavy atom. The normalized spacial score (nSPS) is 12.9. The molecule has 1 unspecified atom stereocenters. The van der Waals surface area contributed by atoms with Crippen LogP contribution in [-0.4, -0.2) is 38.7 Å². The SMILES string of the molecule is CCCC(C(=O)Nc1c(C)cc(OC)cc1C)[P+](C)(C)C. The van der Waals surface area contributed by atoms with E-state index in [0.29, 0.717) is 0 Å². The Morgan fingerprint density at radius 3 is 2.14 bits per heavy atom. The second-order valence-corrected chi connectivity index (χ2v) is 11.4. The highest BCUT2D eigenvalue weighted by molar-refractivity contribution is 7.75. The molecule has 0 aliphatic carbocycles. The first-order chi connectivity index (χ1) is 9.70. The van der Waals surface area contributed by atoms with E-state index >= 15 is 0 Å². The zero-order chi connectivity index (χ0) is 16.2. The number of nitrogens with one attached hydrogen (secondary N) is 1. The van der Waals surface area contributed by atoms with E-state index < -0.39 is 7.26 Å². The fraction of sp³-hybridized carbons (Fsp3) is 0.588. The van der Waals surface area contributed by atoms with Gasteiger partial charge in [0.15, 0.2) is 0 Å². The van der Waals surface area contributed by atoms with Crippen LogP contribution in [0.2, 0.25) is 0 Å². The number of ether oxygens (including phenoxy) is 1. The number of anilines is 1. The zero-order valence-corrected chi connectivity index (χ0v) is 15.3. The van der Waals surface area contributed by atoms with Crippen LogP contribution in [0.5, 0.6) is 5.75 Å². The number of amides is 1. The predicted molar refractivity (Wildman–Crippen MR) is 94.5 cm³/mol. The molecule has 0 spiro atoms. The van der Waals surface area contributed by atoms with Crippen molar-refractivity contribution in [2.45, 2.75) is 39.3 Å². The number of benzene rings is 1. The number of hydrogen-bond acceptors (Lipinski definition) is 2. The van der Waals surface area contributed by atoms with Gasteiger partial charge >= 0.3 is 0 Å². The molecule has 118 valence electrons. The van der Waals surface area contributed by atoms with E-state index in [1.807, 2.05) is 26.0 Å². The van der Waals surface area contributed by atoms with Crippen molar-refractivity contribution in [2.24, 2.45) is 0 Å². The molecule has 1 atom stereocenters. The summed E-state index contributed by atoms with van der Waals surface area (Å²) in [5.74, 6) is 0.991. The van der Waals surface area contributed by atoms with Gasteiger partial charge in [-0.15, -0.1) is 0 Å². The summed E-state index contributed by atoms with van der Waals surface area (Å²) in [7, 11) is 0.443. The average molecular weight is 310 g/mol. The van der Waals surface area contributed by atoms with Gasteiger partial charge in [0.2, 0.25) is 0 Å². The smallest absolute Gasteiger partial charge is 0.265 e. The van der Waals surface area contributed by atoms with Gasteiger partial charge in [0, 0.05) is 32.9 Å². The van der Waals surface area contributed by atoms with Crippen LogP contribution in [0.15, 0.2) is 12.1 Å². The van der Waals surface area contributed by atoms with Crippen LogP contribution in [0.25, 0.3) is 0 Å². The van der Waals surface area contributed by atoms with E-state index in [1.54, 1.807) is 7.11 Å². The van der Waals surface area contributed by atoms with Crippen LogP contribution < -0.4 is 10.1 Å². The van der Waals surface area contributed by atoms with E-state index in [-0.39, 0.29) is 11.6 Å². The number of carbonyl (C=O) groups is 1. The van der Waals surface area contributed by atoms with E-state index in [0.717, 1.165) is 35.4 Å². The molecule has 0 aliphatic rings. The third kappa shape index (κ3) is 4.71. The second-order valence-electron chi connectivity index (χ2n) is 6.55. The number of hydrogen-bond donors (Lipinski definition) is 1. The zero-order valence-electron chi connectivity index (χ0n) is 14.4. The van der Waals surface area contributed by atoms with Gasteiger partial charge in [-0.3, -0.25) is 4.79 Å². The molecule has 0 saturated heterocycles. The molecule has 0 bridgehead atoms. The fourth-order valence-electron chi connectivity index (χ4n) is 2.59. The second kappa shape index (κ2) is 7.26. The van der Waals surface area contributed by atoms with Crippen molar-refractivity contribution in [3.63, 3.8) is 0 Å². The third-order valence-electron chi connectivity index (χ3n) is 3.79. The molecule has 1 aromatic rings. The van der Waals surface area contributed by atoms with Crippen LogP contribution in [0.3, 0.4) is 0 Å². The summed E-state index contributed by atoms with van der Waals surface area (Å²) in [5, 5.41) is 3.15. The molecule has 1 N–H and O–H groups in total. The first-order valence-corrected chi connectivity index (χ1v) is 10.7. The van der Waals surface area contributed by atoms with Crippen LogP contribution >= 0.6 is 7.26 Å². The Morgan fingerprint density at radius 1 is 1.24 bits per heavy atom. The summed E-state index contributed by atoms with van der Waals surface area (Å²) in [6, 6.07) is 3.92. The van der Waals surface area contributed by atoms with Crippen molar-refractivity contribution < 1.29 is 9.53 Å². The molecule has 0 aromatic heterocycles. The Balaban J connectivity index is 3.02. The Bertz CT molecular complexity index is 483. The summed E-state index contributed by atoms with van der Waals surface area (Å²) < 4.78 is 5.27. The van der Waals surface area contributed by atoms with Gasteiger partial charge in [-0.25, -0.2) is 0 Å². The van der Waals surface area contributed by atoms with Gasteiger partial charge in [0.05, 0.1) is 7.11 Å². The molecular weight excluding hydrogens is 281 g/mol. The molecule has 1 amide bonds. The van der Waals surface area contributed by atoms with Crippen molar-refractivity contribution in [3.05, 3.63) is 23.3 Å². The van der Waals surface area contributed by atoms with Crippen molar-refractivity contribution in [3.8, 4) is 5.75 Å². The van der Waals surface area contributed by atoms with Gasteiger partial charge in [0.1, 0.15) is 11.4 Å². The minimum Gasteiger partial charge on any atom is -0.497 e. The molecule has 0 radical (unpaired) electrons. The highest BCUT2D eigenvalue weighted by Crippen LogP contribution is 2.54. The summed E-state index contributed by atoms with van der Waals surface area (Å²) in [6.45, 7) is 12.9. The van der Waals surface area contributed by atoms with Crippen LogP contribution in [0, 0.1) is 13.8 Å². The van der Waals surface area contributed by atoms with Crippen LogP contribution in [0.1, 0.15) is 30.9 Å². The lowest BCUT2D eigenvalue weighted by atomic mass is 10.1. The minimum absolute atomic E-state index is 0.128. The topological polar surface area (TPSA) is 38.3 Å². The maximum atomic E-state index is 12.7. The molecule has 0 fully saturated rings. The van der Waals surface area contributed by atoms with Gasteiger partial charge in [-0.05, 0) is 43.5 Å². The van der Waals surface area contributed by atoms with Crippen molar-refractivity contribution in [1.82, 2.24) is 0 Å². The quantitative estimate of drug-likeness (QED) is 0.794. The first kappa shape index (κ1) is 18.0. The Kier molecular flexibility index (Phi) is 6.22. The number of methoxy groups -OCH3 is 1. The molecule has 0 heterocycles. The van der Waals surface area contributed by atoms with Crippen molar-refractivity contribution >= 4 is 18.9 Å². The fourth-order valence-corrected chi connectivity index (χ4v) is 4.39. The lowest BCUT2D eigenvalue weighted by Crippen LogP contribution is -2.30. The van der Waals surface area contributed by atoms with E-state index in [2.05, 4.69) is 32.2 Å². The Labute approximate surface area is 129 Å². The summed E-state index contributed by atoms with van der Waals surface area (Å²) >= 11 is 0. The van der Waals surface area contributed by atoms with E-state index in [9.17, 15) is 4.79 Å². The van der Waals surface area contributed by atoms with E-state index in [1.165, 1.54) is 0 Å². The first-order valence-electron chi connectivity index (χ1n) is 7.48. The third-order valence-corrected chi connectivity index (χ3v) is 6.15. The summed E-state index contributed by atoms with van der Waals surface area (Å²) in [6.07, 6.45) is 1.99. The number of carbonyl (C=O) groups excluding carboxylic acids is 1. The number of rotatable bonds is 6. The van der Waals surface area contributed by atoms with Gasteiger partial charge in [0.25, 0.3) is 5.91 Å². The molecule has 4 heteroatoms. The summed E-state index contributed by atoms with van der Waals surface area (Å²) in [5.41, 5.74) is 3.14. The maximum absolute atomic E-state index is 12.7. The van der Waals surface area contributed by atoms with Gasteiger partial charge in [-0.2, -0.15) is 0 Å². The van der Waals surface area contributed by atoms with Gasteiger partial charge in [-0.1, -0.05) is 13.3 Å². The molecule has 0 aliphatic heterocycles. The molecule has 0 saturated carbocycles. The highest BCUT2D eigenvalue weighted by atomic mass is 31.2. The highest BCUT2D eigenvalue weighted by Gasteiger charge is 2.37. The van der Waals surface area contributed by atoms with Crippen molar-refractivity contribution in [1.29, 1.82) is 0 Å². The molecule has 1 aromatic carbocycles. The molecule has 21 heavy (non-hydrogen) atoms. The largest absolute Gasteiger partial charge is 0.497 e. The molecular formula is C17H29NO2P+. The van der Waals surface area contributed by atoms with Crippen LogP contribution in [0.4, 0.5) is 5.69 Å². The monoisotopic (exact) mass is 310 g/mol. The minimum atomic E-state index is -1.22.